The van der Waals surface area contributed by atoms with E-state index in [1.165, 1.54) is 0 Å². The van der Waals surface area contributed by atoms with Gasteiger partial charge in [-0.2, -0.15) is 0 Å². The van der Waals surface area contributed by atoms with Crippen molar-refractivity contribution >= 4 is 11.6 Å². The highest BCUT2D eigenvalue weighted by molar-refractivity contribution is 5.82. The minimum atomic E-state index is -0.405. The normalized spacial score (nSPS) is 26.1. The molecular weight excluding hydrogens is 270 g/mol. The minimum absolute atomic E-state index is 0.0944. The number of aromatic hydroxyl groups is 1. The molecule has 1 amide bonds. The summed E-state index contributed by atoms with van der Waals surface area (Å²) in [6.07, 6.45) is 0.106. The molecule has 114 valence electrons. The maximum Gasteiger partial charge on any atom is 0.239 e. The summed E-state index contributed by atoms with van der Waals surface area (Å²) < 4.78 is 0. The molecule has 6 nitrogen and oxygen atoms in total. The molecule has 2 unspecified atom stereocenters. The number of rotatable bonds is 2. The highest BCUT2D eigenvalue weighted by Gasteiger charge is 2.32. The second-order valence-electron chi connectivity index (χ2n) is 5.68. The monoisotopic (exact) mass is 291 g/mol. The van der Waals surface area contributed by atoms with Crippen LogP contribution in [0.2, 0.25) is 0 Å². The molecule has 3 N–H and O–H groups in total. The number of nitrogens with one attached hydrogen (secondary N) is 1. The van der Waals surface area contributed by atoms with Crippen LogP contribution in [0.4, 0.5) is 5.69 Å². The average molecular weight is 291 g/mol. The summed E-state index contributed by atoms with van der Waals surface area (Å²) in [5.74, 6) is 0.357. The van der Waals surface area contributed by atoms with Crippen LogP contribution in [0.3, 0.4) is 0 Å². The smallest absolute Gasteiger partial charge is 0.239 e. The molecule has 0 aromatic heterocycles. The van der Waals surface area contributed by atoms with Crippen molar-refractivity contribution in [3.05, 3.63) is 24.3 Å². The fraction of sp³-hybridized carbons (Fsp3) is 0.533. The first-order valence-corrected chi connectivity index (χ1v) is 7.38. The van der Waals surface area contributed by atoms with Crippen molar-refractivity contribution in [2.45, 2.75) is 18.6 Å². The summed E-state index contributed by atoms with van der Waals surface area (Å²) in [4.78, 5) is 16.4. The van der Waals surface area contributed by atoms with E-state index >= 15 is 0 Å². The number of anilines is 1. The van der Waals surface area contributed by atoms with E-state index in [0.29, 0.717) is 26.1 Å². The van der Waals surface area contributed by atoms with Crippen LogP contribution >= 0.6 is 0 Å². The van der Waals surface area contributed by atoms with Gasteiger partial charge in [-0.25, -0.2) is 0 Å². The Morgan fingerprint density at radius 1 is 1.14 bits per heavy atom. The van der Waals surface area contributed by atoms with Crippen LogP contribution in [-0.2, 0) is 4.79 Å². The second-order valence-corrected chi connectivity index (χ2v) is 5.68. The van der Waals surface area contributed by atoms with Crippen LogP contribution in [0.25, 0.3) is 0 Å². The number of β-amino-alcohol motifs (C(OH)–C–C–N with tert-alkyl or cyclic N) is 1. The molecule has 1 aromatic rings. The summed E-state index contributed by atoms with van der Waals surface area (Å²) in [6, 6.07) is 6.90. The molecule has 2 saturated heterocycles. The van der Waals surface area contributed by atoms with Gasteiger partial charge in [0.25, 0.3) is 0 Å². The van der Waals surface area contributed by atoms with Gasteiger partial charge in [0.05, 0.1) is 12.1 Å². The number of nitrogens with zero attached hydrogens (tertiary/aromatic N) is 2. The minimum Gasteiger partial charge on any atom is -0.508 e. The summed E-state index contributed by atoms with van der Waals surface area (Å²) >= 11 is 0. The number of aliphatic hydroxyl groups excluding tert-OH is 1. The van der Waals surface area contributed by atoms with Gasteiger partial charge in [0.15, 0.2) is 0 Å². The molecule has 2 aliphatic rings. The van der Waals surface area contributed by atoms with E-state index in [1.807, 2.05) is 17.0 Å². The largest absolute Gasteiger partial charge is 0.508 e. The van der Waals surface area contributed by atoms with E-state index < -0.39 is 6.10 Å². The third kappa shape index (κ3) is 3.11. The van der Waals surface area contributed by atoms with Gasteiger partial charge >= 0.3 is 0 Å². The molecular formula is C15H21N3O3. The number of phenols is 1. The Morgan fingerprint density at radius 2 is 1.81 bits per heavy atom. The molecule has 0 spiro atoms. The van der Waals surface area contributed by atoms with Gasteiger partial charge in [-0.15, -0.1) is 0 Å². The molecule has 0 radical (unpaired) electrons. The molecule has 2 aliphatic heterocycles. The molecule has 2 fully saturated rings. The van der Waals surface area contributed by atoms with Crippen molar-refractivity contribution in [2.24, 2.45) is 0 Å². The number of aliphatic hydroxyl groups is 1. The van der Waals surface area contributed by atoms with Crippen molar-refractivity contribution in [3.8, 4) is 5.75 Å². The standard InChI is InChI=1S/C15H21N3O3/c19-12-3-1-11(2-4-12)17-5-7-18(8-6-17)15(21)14-9-13(20)10-16-14/h1-4,13-14,16,19-20H,5-10H2. The zero-order valence-corrected chi connectivity index (χ0v) is 11.9. The van der Waals surface area contributed by atoms with Gasteiger partial charge in [0, 0.05) is 38.4 Å². The van der Waals surface area contributed by atoms with Gasteiger partial charge < -0.3 is 25.3 Å². The van der Waals surface area contributed by atoms with E-state index in [9.17, 15) is 15.0 Å². The highest BCUT2D eigenvalue weighted by atomic mass is 16.3. The topological polar surface area (TPSA) is 76.0 Å². The lowest BCUT2D eigenvalue weighted by molar-refractivity contribution is -0.133. The summed E-state index contributed by atoms with van der Waals surface area (Å²) in [5.41, 5.74) is 1.06. The number of amides is 1. The summed E-state index contributed by atoms with van der Waals surface area (Å²) in [6.45, 7) is 3.45. The predicted molar refractivity (Wildman–Crippen MR) is 79.3 cm³/mol. The lowest BCUT2D eigenvalue weighted by atomic mass is 10.1. The predicted octanol–water partition coefficient (Wildman–Crippen LogP) is -0.236. The molecule has 0 aliphatic carbocycles. The molecule has 0 saturated carbocycles. The van der Waals surface area contributed by atoms with Gasteiger partial charge in [-0.3, -0.25) is 4.79 Å². The number of benzene rings is 1. The molecule has 2 heterocycles. The molecule has 2 atom stereocenters. The van der Waals surface area contributed by atoms with E-state index in [4.69, 9.17) is 0 Å². The molecule has 3 rings (SSSR count). The Morgan fingerprint density at radius 3 is 2.38 bits per heavy atom. The quantitative estimate of drug-likeness (QED) is 0.701. The SMILES string of the molecule is O=C(C1CC(O)CN1)N1CCN(c2ccc(O)cc2)CC1. The first-order chi connectivity index (χ1) is 10.1. The van der Waals surface area contributed by atoms with E-state index in [2.05, 4.69) is 10.2 Å². The molecule has 1 aromatic carbocycles. The zero-order valence-electron chi connectivity index (χ0n) is 11.9. The molecule has 21 heavy (non-hydrogen) atoms. The van der Waals surface area contributed by atoms with Crippen LogP contribution in [-0.4, -0.2) is 65.9 Å². The fourth-order valence-electron chi connectivity index (χ4n) is 2.97. The Labute approximate surface area is 124 Å². The van der Waals surface area contributed by atoms with E-state index in [0.717, 1.165) is 18.8 Å². The van der Waals surface area contributed by atoms with Crippen molar-refractivity contribution in [1.82, 2.24) is 10.2 Å². The van der Waals surface area contributed by atoms with Crippen LogP contribution in [0.15, 0.2) is 24.3 Å². The summed E-state index contributed by atoms with van der Waals surface area (Å²) in [7, 11) is 0. The lowest BCUT2D eigenvalue weighted by Crippen LogP contribution is -2.53. The first-order valence-electron chi connectivity index (χ1n) is 7.38. The first kappa shape index (κ1) is 14.2. The maximum absolute atomic E-state index is 12.3. The van der Waals surface area contributed by atoms with Crippen molar-refractivity contribution in [2.75, 3.05) is 37.6 Å². The average Bonchev–Trinajstić information content (AvgIpc) is 2.94. The van der Waals surface area contributed by atoms with E-state index in [1.54, 1.807) is 12.1 Å². The molecule has 0 bridgehead atoms. The molecule has 6 heteroatoms. The fourth-order valence-corrected chi connectivity index (χ4v) is 2.97. The van der Waals surface area contributed by atoms with Gasteiger partial charge in [0.2, 0.25) is 5.91 Å². The number of phenolic OH excluding ortho intramolecular Hbond substituents is 1. The van der Waals surface area contributed by atoms with Crippen LogP contribution < -0.4 is 10.2 Å². The number of piperazine rings is 1. The zero-order chi connectivity index (χ0) is 14.8. The summed E-state index contributed by atoms with van der Waals surface area (Å²) in [5, 5.41) is 21.9. The lowest BCUT2D eigenvalue weighted by Gasteiger charge is -2.37. The van der Waals surface area contributed by atoms with E-state index in [-0.39, 0.29) is 17.7 Å². The number of hydrogen-bond donors (Lipinski definition) is 3. The Hall–Kier alpha value is -1.79. The third-order valence-corrected chi connectivity index (χ3v) is 4.21. The van der Waals surface area contributed by atoms with Gasteiger partial charge in [-0.1, -0.05) is 0 Å². The second kappa shape index (κ2) is 5.91. The van der Waals surface area contributed by atoms with Crippen LogP contribution in [0.1, 0.15) is 6.42 Å². The van der Waals surface area contributed by atoms with Crippen LogP contribution in [0.5, 0.6) is 5.75 Å². The number of carbonyl (C=O) groups excluding carboxylic acids is 1. The number of carbonyl (C=O) groups is 1. The third-order valence-electron chi connectivity index (χ3n) is 4.21. The van der Waals surface area contributed by atoms with Gasteiger partial charge in [-0.05, 0) is 30.7 Å². The number of hydrogen-bond acceptors (Lipinski definition) is 5. The van der Waals surface area contributed by atoms with Crippen molar-refractivity contribution in [3.63, 3.8) is 0 Å². The van der Waals surface area contributed by atoms with Crippen molar-refractivity contribution < 1.29 is 15.0 Å². The van der Waals surface area contributed by atoms with Crippen molar-refractivity contribution in [1.29, 1.82) is 0 Å². The Balaban J connectivity index is 1.55. The Bertz CT molecular complexity index is 497. The van der Waals surface area contributed by atoms with Crippen LogP contribution in [0, 0.1) is 0 Å². The maximum atomic E-state index is 12.3. The Kier molecular flexibility index (Phi) is 3.98. The van der Waals surface area contributed by atoms with Gasteiger partial charge in [0.1, 0.15) is 5.75 Å². The highest BCUT2D eigenvalue weighted by Crippen LogP contribution is 2.20.